The third-order valence-electron chi connectivity index (χ3n) is 1.82. The molecule has 13 heavy (non-hydrogen) atoms. The summed E-state index contributed by atoms with van der Waals surface area (Å²) in [5.41, 5.74) is 0.573. The Morgan fingerprint density at radius 3 is 2.46 bits per heavy atom. The predicted molar refractivity (Wildman–Crippen MR) is 47.0 cm³/mol. The van der Waals surface area contributed by atoms with Gasteiger partial charge < -0.3 is 5.11 Å². The Balaban J connectivity index is 2.60. The fraction of sp³-hybridized carbons (Fsp3) is 0.400. The molecule has 1 nitrogen and oxygen atoms in total. The number of hydrogen-bond acceptors (Lipinski definition) is 1. The van der Waals surface area contributed by atoms with Crippen LogP contribution in [0.25, 0.3) is 0 Å². The molecule has 1 rings (SSSR count). The van der Waals surface area contributed by atoms with Crippen molar-refractivity contribution in [3.05, 3.63) is 29.8 Å². The zero-order valence-electron chi connectivity index (χ0n) is 7.43. The lowest BCUT2D eigenvalue weighted by Gasteiger charge is -2.10. The maximum atomic E-state index is 12.5. The van der Waals surface area contributed by atoms with Crippen molar-refractivity contribution in [2.45, 2.75) is 25.7 Å². The van der Waals surface area contributed by atoms with Crippen molar-refractivity contribution < 1.29 is 13.9 Å². The number of alkyl halides is 2. The van der Waals surface area contributed by atoms with E-state index < -0.39 is 5.92 Å². The molecule has 0 saturated carbocycles. The van der Waals surface area contributed by atoms with Crippen molar-refractivity contribution in [1.82, 2.24) is 0 Å². The standard InChI is InChI=1S/C10H12F2O/c1-10(11,12)7-6-8-4-2-3-5-9(8)13/h2-5,13H,6-7H2,1H3. The van der Waals surface area contributed by atoms with Crippen LogP contribution in [-0.2, 0) is 6.42 Å². The molecule has 0 saturated heterocycles. The van der Waals surface area contributed by atoms with Crippen LogP contribution < -0.4 is 0 Å². The maximum absolute atomic E-state index is 12.5. The van der Waals surface area contributed by atoms with Crippen molar-refractivity contribution in [3.8, 4) is 5.75 Å². The molecule has 3 heteroatoms. The average Bonchev–Trinajstić information content (AvgIpc) is 2.01. The number of phenols is 1. The van der Waals surface area contributed by atoms with E-state index in [-0.39, 0.29) is 18.6 Å². The van der Waals surface area contributed by atoms with Gasteiger partial charge in [0.15, 0.2) is 0 Å². The molecule has 1 N–H and O–H groups in total. The number of benzene rings is 1. The van der Waals surface area contributed by atoms with E-state index >= 15 is 0 Å². The number of rotatable bonds is 3. The smallest absolute Gasteiger partial charge is 0.245 e. The summed E-state index contributed by atoms with van der Waals surface area (Å²) in [6.07, 6.45) is -0.0270. The summed E-state index contributed by atoms with van der Waals surface area (Å²) in [5.74, 6) is -2.57. The van der Waals surface area contributed by atoms with Crippen LogP contribution in [0.2, 0.25) is 0 Å². The zero-order valence-corrected chi connectivity index (χ0v) is 7.43. The molecule has 0 radical (unpaired) electrons. The van der Waals surface area contributed by atoms with Gasteiger partial charge in [0, 0.05) is 6.42 Å². The summed E-state index contributed by atoms with van der Waals surface area (Å²) in [6.45, 7) is 0.882. The predicted octanol–water partition coefficient (Wildman–Crippen LogP) is 2.98. The van der Waals surface area contributed by atoms with Crippen LogP contribution in [0.1, 0.15) is 18.9 Å². The first-order valence-electron chi connectivity index (χ1n) is 4.14. The molecule has 0 unspecified atom stereocenters. The molecule has 0 amide bonds. The molecule has 0 aliphatic rings. The molecule has 1 aromatic carbocycles. The van der Waals surface area contributed by atoms with Crippen LogP contribution in [0.3, 0.4) is 0 Å². The van der Waals surface area contributed by atoms with Crippen LogP contribution in [0.5, 0.6) is 5.75 Å². The minimum absolute atomic E-state index is 0.0896. The van der Waals surface area contributed by atoms with Crippen molar-refractivity contribution >= 4 is 0 Å². The van der Waals surface area contributed by atoms with E-state index in [0.29, 0.717) is 5.56 Å². The first kappa shape index (κ1) is 9.96. The summed E-state index contributed by atoms with van der Waals surface area (Å²) in [7, 11) is 0. The fourth-order valence-corrected chi connectivity index (χ4v) is 1.08. The molecule has 72 valence electrons. The topological polar surface area (TPSA) is 20.2 Å². The molecular weight excluding hydrogens is 174 g/mol. The van der Waals surface area contributed by atoms with E-state index in [2.05, 4.69) is 0 Å². The van der Waals surface area contributed by atoms with E-state index in [1.54, 1.807) is 18.2 Å². The number of para-hydroxylation sites is 1. The first-order chi connectivity index (χ1) is 5.99. The van der Waals surface area contributed by atoms with Gasteiger partial charge in [-0.15, -0.1) is 0 Å². The van der Waals surface area contributed by atoms with Crippen molar-refractivity contribution in [1.29, 1.82) is 0 Å². The van der Waals surface area contributed by atoms with Crippen LogP contribution >= 0.6 is 0 Å². The normalized spacial score (nSPS) is 11.6. The van der Waals surface area contributed by atoms with Crippen LogP contribution in [0, 0.1) is 0 Å². The Kier molecular flexibility index (Phi) is 2.86. The summed E-state index contributed by atoms with van der Waals surface area (Å²) in [4.78, 5) is 0. The van der Waals surface area contributed by atoms with Gasteiger partial charge in [-0.1, -0.05) is 18.2 Å². The van der Waals surface area contributed by atoms with Gasteiger partial charge in [0.2, 0.25) is 5.92 Å². The van der Waals surface area contributed by atoms with Gasteiger partial charge in [-0.25, -0.2) is 8.78 Å². The van der Waals surface area contributed by atoms with Gasteiger partial charge in [-0.3, -0.25) is 0 Å². The fourth-order valence-electron chi connectivity index (χ4n) is 1.08. The Labute approximate surface area is 76.0 Å². The van der Waals surface area contributed by atoms with Crippen LogP contribution in [-0.4, -0.2) is 11.0 Å². The highest BCUT2D eigenvalue weighted by Gasteiger charge is 2.20. The van der Waals surface area contributed by atoms with E-state index in [9.17, 15) is 13.9 Å². The zero-order chi connectivity index (χ0) is 9.90. The van der Waals surface area contributed by atoms with Gasteiger partial charge in [0.05, 0.1) is 0 Å². The van der Waals surface area contributed by atoms with Crippen LogP contribution in [0.15, 0.2) is 24.3 Å². The van der Waals surface area contributed by atoms with E-state index in [0.717, 1.165) is 6.92 Å². The van der Waals surface area contributed by atoms with Gasteiger partial charge in [-0.05, 0) is 25.0 Å². The molecule has 0 spiro atoms. The number of halogens is 2. The lowest BCUT2D eigenvalue weighted by atomic mass is 10.1. The van der Waals surface area contributed by atoms with Crippen LogP contribution in [0.4, 0.5) is 8.78 Å². The van der Waals surface area contributed by atoms with Gasteiger partial charge >= 0.3 is 0 Å². The monoisotopic (exact) mass is 186 g/mol. The number of aryl methyl sites for hydroxylation is 1. The Hall–Kier alpha value is -1.12. The van der Waals surface area contributed by atoms with Crippen molar-refractivity contribution in [3.63, 3.8) is 0 Å². The van der Waals surface area contributed by atoms with Gasteiger partial charge in [-0.2, -0.15) is 0 Å². The Bertz CT molecular complexity index is 278. The van der Waals surface area contributed by atoms with Gasteiger partial charge in [0.25, 0.3) is 0 Å². The summed E-state index contributed by atoms with van der Waals surface area (Å²) >= 11 is 0. The second-order valence-corrected chi connectivity index (χ2v) is 3.20. The lowest BCUT2D eigenvalue weighted by Crippen LogP contribution is -2.10. The first-order valence-corrected chi connectivity index (χ1v) is 4.14. The summed E-state index contributed by atoms with van der Waals surface area (Å²) in [6, 6.07) is 6.55. The highest BCUT2D eigenvalue weighted by Crippen LogP contribution is 2.23. The SMILES string of the molecule is CC(F)(F)CCc1ccccc1O. The molecule has 0 bridgehead atoms. The maximum Gasteiger partial charge on any atom is 0.245 e. The summed E-state index contributed by atoms with van der Waals surface area (Å²) in [5, 5.41) is 9.26. The minimum atomic E-state index is -2.66. The van der Waals surface area contributed by atoms with Crippen molar-refractivity contribution in [2.24, 2.45) is 0 Å². The Morgan fingerprint density at radius 1 is 1.31 bits per heavy atom. The van der Waals surface area contributed by atoms with E-state index in [1.807, 2.05) is 0 Å². The number of phenolic OH excluding ortho intramolecular Hbond substituents is 1. The quantitative estimate of drug-likeness (QED) is 0.769. The third kappa shape index (κ3) is 3.40. The highest BCUT2D eigenvalue weighted by molar-refractivity contribution is 5.31. The van der Waals surface area contributed by atoms with E-state index in [4.69, 9.17) is 0 Å². The van der Waals surface area contributed by atoms with Crippen molar-refractivity contribution in [2.75, 3.05) is 0 Å². The molecule has 1 aromatic rings. The minimum Gasteiger partial charge on any atom is -0.508 e. The second-order valence-electron chi connectivity index (χ2n) is 3.20. The second kappa shape index (κ2) is 3.73. The third-order valence-corrected chi connectivity index (χ3v) is 1.82. The largest absolute Gasteiger partial charge is 0.508 e. The number of aromatic hydroxyl groups is 1. The van der Waals surface area contributed by atoms with E-state index in [1.165, 1.54) is 6.07 Å². The summed E-state index contributed by atoms with van der Waals surface area (Å²) < 4.78 is 24.9. The molecule has 0 heterocycles. The highest BCUT2D eigenvalue weighted by atomic mass is 19.3. The molecule has 0 aliphatic heterocycles. The molecule has 0 atom stereocenters. The molecule has 0 aromatic heterocycles. The molecule has 0 aliphatic carbocycles. The molecular formula is C10H12F2O. The Morgan fingerprint density at radius 2 is 1.92 bits per heavy atom. The lowest BCUT2D eigenvalue weighted by molar-refractivity contribution is 0.0132. The average molecular weight is 186 g/mol. The number of hydrogen-bond donors (Lipinski definition) is 1. The molecule has 0 fully saturated rings. The van der Waals surface area contributed by atoms with Gasteiger partial charge in [0.1, 0.15) is 5.75 Å².